The Morgan fingerprint density at radius 1 is 1.00 bits per heavy atom. The fraction of sp³-hybridized carbons (Fsp3) is 0.469. The number of methoxy groups -OCH3 is 1. The van der Waals surface area contributed by atoms with Crippen LogP contribution in [0.3, 0.4) is 0 Å². The molecule has 0 unspecified atom stereocenters. The zero-order chi connectivity index (χ0) is 27.1. The Balaban J connectivity index is 1.40. The van der Waals surface area contributed by atoms with Crippen LogP contribution in [0.5, 0.6) is 5.75 Å². The molecule has 204 valence electrons. The topological polar surface area (TPSA) is 86.6 Å². The smallest absolute Gasteiger partial charge is 0.343 e. The van der Waals surface area contributed by atoms with Crippen molar-refractivity contribution in [2.24, 2.45) is 23.2 Å². The number of anilines is 1. The van der Waals surface area contributed by atoms with E-state index in [4.69, 9.17) is 9.47 Å². The van der Waals surface area contributed by atoms with Crippen molar-refractivity contribution in [2.45, 2.75) is 58.4 Å². The van der Waals surface area contributed by atoms with Gasteiger partial charge in [-0.2, -0.15) is 0 Å². The number of benzene rings is 2. The minimum Gasteiger partial charge on any atom is -0.497 e. The van der Waals surface area contributed by atoms with E-state index in [0.29, 0.717) is 40.8 Å². The number of pyridine rings is 1. The summed E-state index contributed by atoms with van der Waals surface area (Å²) >= 11 is 0. The molecule has 1 aromatic heterocycles. The van der Waals surface area contributed by atoms with Crippen LogP contribution in [0.4, 0.5) is 5.69 Å². The van der Waals surface area contributed by atoms with Crippen molar-refractivity contribution < 1.29 is 19.1 Å². The van der Waals surface area contributed by atoms with Crippen molar-refractivity contribution in [3.8, 4) is 5.75 Å². The number of carbonyl (C=O) groups excluding carboxylic acids is 2. The molecule has 0 atom stereocenters. The van der Waals surface area contributed by atoms with Crippen LogP contribution in [-0.4, -0.2) is 30.2 Å². The Morgan fingerprint density at radius 3 is 2.28 bits per heavy atom. The summed E-state index contributed by atoms with van der Waals surface area (Å²) in [7, 11) is 1.61. The molecule has 7 nitrogen and oxygen atoms in total. The number of amides is 1. The number of esters is 1. The largest absolute Gasteiger partial charge is 0.497 e. The van der Waals surface area contributed by atoms with E-state index in [1.807, 2.05) is 49.4 Å². The molecule has 3 aromatic rings. The molecule has 39 heavy (non-hydrogen) atoms. The second-order valence-corrected chi connectivity index (χ2v) is 11.8. The Morgan fingerprint density at radius 2 is 1.67 bits per heavy atom. The monoisotopic (exact) mass is 528 g/mol. The van der Waals surface area contributed by atoms with Crippen LogP contribution < -0.4 is 15.6 Å². The summed E-state index contributed by atoms with van der Waals surface area (Å²) in [4.78, 5) is 40.5. The molecule has 4 fully saturated rings. The van der Waals surface area contributed by atoms with Crippen LogP contribution in [0.15, 0.2) is 53.3 Å². The van der Waals surface area contributed by atoms with Crippen LogP contribution in [0.2, 0.25) is 0 Å². The van der Waals surface area contributed by atoms with Gasteiger partial charge in [-0.15, -0.1) is 0 Å². The number of hydrogen-bond acceptors (Lipinski definition) is 5. The maximum atomic E-state index is 13.9. The summed E-state index contributed by atoms with van der Waals surface area (Å²) < 4.78 is 12.2. The van der Waals surface area contributed by atoms with E-state index < -0.39 is 11.5 Å². The third-order valence-electron chi connectivity index (χ3n) is 9.06. The molecule has 2 aromatic carbocycles. The second-order valence-electron chi connectivity index (χ2n) is 11.8. The standard InChI is InChI=1S/C32H36N2O5/c1-3-11-39-30(36)26-15-25-27(33-31(37)32-16-21-12-22(17-32)14-23(13-21)18-32)5-4-6-28(25)34(29(26)35)19-20-7-9-24(38-2)10-8-20/h4-10,15,21-23H,3,11-14,16-19H2,1-2H3,(H,33,37). The van der Waals surface area contributed by atoms with Gasteiger partial charge in [0.2, 0.25) is 5.91 Å². The highest BCUT2D eigenvalue weighted by Gasteiger charge is 2.54. The van der Waals surface area contributed by atoms with Gasteiger partial charge in [-0.1, -0.05) is 25.1 Å². The van der Waals surface area contributed by atoms with Gasteiger partial charge in [0.15, 0.2) is 0 Å². The van der Waals surface area contributed by atoms with Gasteiger partial charge in [0.1, 0.15) is 11.3 Å². The summed E-state index contributed by atoms with van der Waals surface area (Å²) in [5.74, 6) is 2.13. The zero-order valence-corrected chi connectivity index (χ0v) is 22.7. The maximum Gasteiger partial charge on any atom is 0.343 e. The number of ether oxygens (including phenoxy) is 2. The summed E-state index contributed by atoms with van der Waals surface area (Å²) in [5, 5.41) is 3.91. The highest BCUT2D eigenvalue weighted by molar-refractivity contribution is 6.05. The normalized spacial score (nSPS) is 25.0. The average molecular weight is 529 g/mol. The summed E-state index contributed by atoms with van der Waals surface area (Å²) in [6.07, 6.45) is 7.35. The predicted molar refractivity (Wildman–Crippen MR) is 150 cm³/mol. The quantitative estimate of drug-likeness (QED) is 0.375. The summed E-state index contributed by atoms with van der Waals surface area (Å²) in [6, 6.07) is 14.7. The second kappa shape index (κ2) is 10.2. The molecule has 0 spiro atoms. The SMILES string of the molecule is CCCOC(=O)c1cc2c(NC(=O)C34CC5CC(CC(C5)C3)C4)cccc2n(Cc2ccc(OC)cc2)c1=O. The van der Waals surface area contributed by atoms with Crippen LogP contribution in [-0.2, 0) is 16.1 Å². The first-order valence-corrected chi connectivity index (χ1v) is 14.2. The predicted octanol–water partition coefficient (Wildman–Crippen LogP) is 5.78. The van der Waals surface area contributed by atoms with Gasteiger partial charge in [-0.25, -0.2) is 4.79 Å². The van der Waals surface area contributed by atoms with Crippen molar-refractivity contribution in [2.75, 3.05) is 19.0 Å². The lowest BCUT2D eigenvalue weighted by atomic mass is 9.49. The molecule has 4 bridgehead atoms. The van der Waals surface area contributed by atoms with Gasteiger partial charge in [0.05, 0.1) is 36.9 Å². The van der Waals surface area contributed by atoms with Crippen molar-refractivity contribution in [1.29, 1.82) is 0 Å². The van der Waals surface area contributed by atoms with Gasteiger partial charge in [-0.05, 0) is 98.6 Å². The zero-order valence-electron chi connectivity index (χ0n) is 22.7. The minimum atomic E-state index is -0.644. The third kappa shape index (κ3) is 4.72. The van der Waals surface area contributed by atoms with Crippen molar-refractivity contribution in [3.05, 3.63) is 70.0 Å². The highest BCUT2D eigenvalue weighted by Crippen LogP contribution is 2.60. The van der Waals surface area contributed by atoms with E-state index in [-0.39, 0.29) is 30.0 Å². The van der Waals surface area contributed by atoms with Crippen LogP contribution in [0, 0.1) is 23.2 Å². The molecular formula is C32H36N2O5. The number of nitrogens with zero attached hydrogens (tertiary/aromatic N) is 1. The lowest BCUT2D eigenvalue weighted by Gasteiger charge is -2.55. The van der Waals surface area contributed by atoms with E-state index >= 15 is 0 Å². The first-order chi connectivity index (χ1) is 18.9. The molecule has 0 aliphatic heterocycles. The number of carbonyl (C=O) groups is 2. The highest BCUT2D eigenvalue weighted by atomic mass is 16.5. The van der Waals surface area contributed by atoms with E-state index in [0.717, 1.165) is 30.6 Å². The fourth-order valence-electron chi connectivity index (χ4n) is 7.64. The minimum absolute atomic E-state index is 0.0269. The Kier molecular flexibility index (Phi) is 6.69. The third-order valence-corrected chi connectivity index (χ3v) is 9.06. The van der Waals surface area contributed by atoms with E-state index in [9.17, 15) is 14.4 Å². The molecule has 4 aliphatic rings. The maximum absolute atomic E-state index is 13.9. The lowest BCUT2D eigenvalue weighted by Crippen LogP contribution is -2.51. The van der Waals surface area contributed by atoms with Crippen molar-refractivity contribution in [3.63, 3.8) is 0 Å². The fourth-order valence-corrected chi connectivity index (χ4v) is 7.64. The molecule has 1 N–H and O–H groups in total. The van der Waals surface area contributed by atoms with Gasteiger partial charge in [0.25, 0.3) is 5.56 Å². The molecular weight excluding hydrogens is 492 g/mol. The Bertz CT molecular complexity index is 1440. The molecule has 7 rings (SSSR count). The summed E-state index contributed by atoms with van der Waals surface area (Å²) in [5.41, 5.74) is 1.43. The number of fused-ring (bicyclic) bond motifs is 1. The lowest BCUT2D eigenvalue weighted by molar-refractivity contribution is -0.140. The van der Waals surface area contributed by atoms with Crippen molar-refractivity contribution >= 4 is 28.5 Å². The number of hydrogen-bond donors (Lipinski definition) is 1. The Hall–Kier alpha value is -3.61. The number of aromatic nitrogens is 1. The first-order valence-electron chi connectivity index (χ1n) is 14.2. The molecule has 0 radical (unpaired) electrons. The van der Waals surface area contributed by atoms with E-state index in [1.165, 1.54) is 19.3 Å². The van der Waals surface area contributed by atoms with Gasteiger partial charge < -0.3 is 19.4 Å². The van der Waals surface area contributed by atoms with Crippen LogP contribution in [0.25, 0.3) is 10.9 Å². The van der Waals surface area contributed by atoms with Gasteiger partial charge in [0, 0.05) is 5.39 Å². The summed E-state index contributed by atoms with van der Waals surface area (Å²) in [6.45, 7) is 2.41. The van der Waals surface area contributed by atoms with Gasteiger partial charge >= 0.3 is 5.97 Å². The van der Waals surface area contributed by atoms with E-state index in [1.54, 1.807) is 17.7 Å². The molecule has 0 saturated heterocycles. The van der Waals surface area contributed by atoms with Crippen LogP contribution >= 0.6 is 0 Å². The molecule has 7 heteroatoms. The van der Waals surface area contributed by atoms with Crippen LogP contribution in [0.1, 0.15) is 67.8 Å². The van der Waals surface area contributed by atoms with E-state index in [2.05, 4.69) is 5.32 Å². The average Bonchev–Trinajstić information content (AvgIpc) is 2.93. The molecule has 1 amide bonds. The van der Waals surface area contributed by atoms with Gasteiger partial charge in [-0.3, -0.25) is 9.59 Å². The molecule has 1 heterocycles. The Labute approximate surface area is 228 Å². The number of nitrogens with one attached hydrogen (secondary N) is 1. The first kappa shape index (κ1) is 25.7. The van der Waals surface area contributed by atoms with Crippen molar-refractivity contribution in [1.82, 2.24) is 4.57 Å². The molecule has 4 aliphatic carbocycles. The molecule has 4 saturated carbocycles. The number of rotatable bonds is 8.